The van der Waals surface area contributed by atoms with Crippen molar-refractivity contribution in [1.82, 2.24) is 5.16 Å². The second kappa shape index (κ2) is 4.94. The summed E-state index contributed by atoms with van der Waals surface area (Å²) in [6, 6.07) is 5.74. The molecule has 0 bridgehead atoms. The summed E-state index contributed by atoms with van der Waals surface area (Å²) < 4.78 is 10.4. The van der Waals surface area contributed by atoms with Gasteiger partial charge in [0.05, 0.1) is 10.8 Å². The van der Waals surface area contributed by atoms with E-state index in [1.165, 1.54) is 0 Å². The van der Waals surface area contributed by atoms with Crippen LogP contribution in [0.5, 0.6) is 0 Å². The van der Waals surface area contributed by atoms with Crippen molar-refractivity contribution in [3.8, 4) is 10.6 Å². The molecule has 1 saturated carbocycles. The van der Waals surface area contributed by atoms with Crippen LogP contribution in [0.3, 0.4) is 0 Å². The summed E-state index contributed by atoms with van der Waals surface area (Å²) in [5.74, 6) is 0.718. The van der Waals surface area contributed by atoms with Gasteiger partial charge in [0.15, 0.2) is 5.76 Å². The zero-order valence-corrected chi connectivity index (χ0v) is 10.6. The lowest BCUT2D eigenvalue weighted by Gasteiger charge is -2.22. The van der Waals surface area contributed by atoms with Gasteiger partial charge in [-0.1, -0.05) is 17.6 Å². The largest absolute Gasteiger partial charge is 0.459 e. The fourth-order valence-corrected chi connectivity index (χ4v) is 2.49. The molecule has 1 aliphatic carbocycles. The molecular formula is C13H13NO3S. The van der Waals surface area contributed by atoms with E-state index in [1.807, 2.05) is 23.6 Å². The highest BCUT2D eigenvalue weighted by Gasteiger charge is 2.26. The second-order valence-corrected chi connectivity index (χ2v) is 5.34. The predicted octanol–water partition coefficient (Wildman–Crippen LogP) is 3.25. The molecule has 2 aromatic heterocycles. The Morgan fingerprint density at radius 3 is 3.11 bits per heavy atom. The first-order valence-corrected chi connectivity index (χ1v) is 6.87. The second-order valence-electron chi connectivity index (χ2n) is 4.40. The summed E-state index contributed by atoms with van der Waals surface area (Å²) in [7, 11) is 0. The van der Waals surface area contributed by atoms with Gasteiger partial charge in [-0.05, 0) is 24.3 Å². The molecule has 0 aromatic carbocycles. The van der Waals surface area contributed by atoms with Crippen molar-refractivity contribution < 1.29 is 14.1 Å². The van der Waals surface area contributed by atoms with Gasteiger partial charge in [-0.3, -0.25) is 4.79 Å². The molecule has 0 atom stereocenters. The molecule has 18 heavy (non-hydrogen) atoms. The minimum atomic E-state index is -0.109. The molecule has 0 saturated heterocycles. The van der Waals surface area contributed by atoms with Crippen molar-refractivity contribution in [2.24, 2.45) is 5.92 Å². The normalized spacial score (nSPS) is 15.3. The quantitative estimate of drug-likeness (QED) is 0.794. The van der Waals surface area contributed by atoms with Crippen LogP contribution in [0.1, 0.15) is 25.0 Å². The van der Waals surface area contributed by atoms with Gasteiger partial charge in [-0.15, -0.1) is 11.3 Å². The topological polar surface area (TPSA) is 52.3 Å². The highest BCUT2D eigenvalue weighted by atomic mass is 32.1. The van der Waals surface area contributed by atoms with Crippen LogP contribution >= 0.6 is 11.3 Å². The number of hydrogen-bond acceptors (Lipinski definition) is 5. The average molecular weight is 263 g/mol. The minimum absolute atomic E-state index is 0.105. The van der Waals surface area contributed by atoms with Gasteiger partial charge in [-0.25, -0.2) is 0 Å². The number of aromatic nitrogens is 1. The first-order chi connectivity index (χ1) is 8.83. The molecule has 1 fully saturated rings. The molecule has 1 aliphatic rings. The molecule has 2 aromatic rings. The molecule has 4 nitrogen and oxygen atoms in total. The van der Waals surface area contributed by atoms with Crippen LogP contribution in [0.4, 0.5) is 0 Å². The van der Waals surface area contributed by atoms with E-state index in [9.17, 15) is 4.79 Å². The molecule has 0 unspecified atom stereocenters. The molecule has 0 spiro atoms. The van der Waals surface area contributed by atoms with E-state index in [1.54, 1.807) is 11.3 Å². The van der Waals surface area contributed by atoms with Crippen LogP contribution in [0.2, 0.25) is 0 Å². The Kier molecular flexibility index (Phi) is 3.15. The van der Waals surface area contributed by atoms with E-state index >= 15 is 0 Å². The molecule has 5 heteroatoms. The van der Waals surface area contributed by atoms with E-state index in [2.05, 4.69) is 5.16 Å². The first kappa shape index (κ1) is 11.5. The number of ether oxygens (including phenoxy) is 1. The van der Waals surface area contributed by atoms with Gasteiger partial charge < -0.3 is 9.26 Å². The Morgan fingerprint density at radius 2 is 2.44 bits per heavy atom. The molecule has 3 rings (SSSR count). The third-order valence-corrected chi connectivity index (χ3v) is 4.01. The van der Waals surface area contributed by atoms with E-state index in [0.29, 0.717) is 5.69 Å². The zero-order chi connectivity index (χ0) is 12.4. The minimum Gasteiger partial charge on any atom is -0.459 e. The third kappa shape index (κ3) is 2.31. The van der Waals surface area contributed by atoms with Crippen LogP contribution in [-0.2, 0) is 16.1 Å². The van der Waals surface area contributed by atoms with Crippen molar-refractivity contribution in [3.63, 3.8) is 0 Å². The smallest absolute Gasteiger partial charge is 0.309 e. The van der Waals surface area contributed by atoms with Crippen LogP contribution in [0.25, 0.3) is 10.6 Å². The standard InChI is InChI=1S/C13H13NO3S/c15-13(9-3-1-4-9)16-8-10-7-11(17-14-10)12-5-2-6-18-12/h2,5-7,9H,1,3-4,8H2. The molecule has 0 amide bonds. The fourth-order valence-electron chi connectivity index (χ4n) is 1.82. The van der Waals surface area contributed by atoms with Crippen LogP contribution in [0.15, 0.2) is 28.1 Å². The summed E-state index contributed by atoms with van der Waals surface area (Å²) in [5, 5.41) is 5.88. The Balaban J connectivity index is 1.58. The van der Waals surface area contributed by atoms with Crippen LogP contribution < -0.4 is 0 Å². The van der Waals surface area contributed by atoms with E-state index < -0.39 is 0 Å². The molecule has 0 aliphatic heterocycles. The summed E-state index contributed by atoms with van der Waals surface area (Å²) in [6.07, 6.45) is 3.04. The van der Waals surface area contributed by atoms with Crippen molar-refractivity contribution in [3.05, 3.63) is 29.3 Å². The third-order valence-electron chi connectivity index (χ3n) is 3.12. The van der Waals surface area contributed by atoms with E-state index in [-0.39, 0.29) is 18.5 Å². The van der Waals surface area contributed by atoms with Crippen molar-refractivity contribution in [2.75, 3.05) is 0 Å². The Hall–Kier alpha value is -1.62. The van der Waals surface area contributed by atoms with E-state index in [4.69, 9.17) is 9.26 Å². The maximum Gasteiger partial charge on any atom is 0.309 e. The predicted molar refractivity (Wildman–Crippen MR) is 67.0 cm³/mol. The lowest BCUT2D eigenvalue weighted by atomic mass is 9.86. The van der Waals surface area contributed by atoms with Crippen molar-refractivity contribution in [2.45, 2.75) is 25.9 Å². The lowest BCUT2D eigenvalue weighted by Crippen LogP contribution is -2.23. The number of carbonyl (C=O) groups is 1. The maximum absolute atomic E-state index is 11.6. The van der Waals surface area contributed by atoms with Gasteiger partial charge in [0.1, 0.15) is 12.3 Å². The fraction of sp³-hybridized carbons (Fsp3) is 0.385. The van der Waals surface area contributed by atoms with Gasteiger partial charge in [-0.2, -0.15) is 0 Å². The van der Waals surface area contributed by atoms with Crippen LogP contribution in [-0.4, -0.2) is 11.1 Å². The Bertz CT molecular complexity index is 528. The van der Waals surface area contributed by atoms with Crippen LogP contribution in [0, 0.1) is 5.92 Å². The number of carbonyl (C=O) groups excluding carboxylic acids is 1. The zero-order valence-electron chi connectivity index (χ0n) is 9.80. The van der Waals surface area contributed by atoms with Gasteiger partial charge in [0.25, 0.3) is 0 Å². The Labute approximate surface area is 109 Å². The van der Waals surface area contributed by atoms with Gasteiger partial charge in [0, 0.05) is 6.07 Å². The number of esters is 1. The summed E-state index contributed by atoms with van der Waals surface area (Å²) in [6.45, 7) is 0.199. The number of thiophene rings is 1. The Morgan fingerprint density at radius 1 is 1.56 bits per heavy atom. The van der Waals surface area contributed by atoms with E-state index in [0.717, 1.165) is 29.9 Å². The summed E-state index contributed by atoms with van der Waals surface area (Å²) >= 11 is 1.59. The summed E-state index contributed by atoms with van der Waals surface area (Å²) in [5.41, 5.74) is 0.658. The monoisotopic (exact) mass is 263 g/mol. The van der Waals surface area contributed by atoms with Gasteiger partial charge in [0.2, 0.25) is 0 Å². The summed E-state index contributed by atoms with van der Waals surface area (Å²) in [4.78, 5) is 12.6. The van der Waals surface area contributed by atoms with Crippen molar-refractivity contribution in [1.29, 1.82) is 0 Å². The number of nitrogens with zero attached hydrogens (tertiary/aromatic N) is 1. The number of hydrogen-bond donors (Lipinski definition) is 0. The van der Waals surface area contributed by atoms with Crippen molar-refractivity contribution >= 4 is 17.3 Å². The SMILES string of the molecule is O=C(OCc1cc(-c2cccs2)on1)C1CCC1. The first-order valence-electron chi connectivity index (χ1n) is 5.99. The molecule has 0 radical (unpaired) electrons. The highest BCUT2D eigenvalue weighted by molar-refractivity contribution is 7.13. The average Bonchev–Trinajstić information content (AvgIpc) is 2.94. The maximum atomic E-state index is 11.6. The lowest BCUT2D eigenvalue weighted by molar-refractivity contribution is -0.152. The number of rotatable bonds is 4. The highest BCUT2D eigenvalue weighted by Crippen LogP contribution is 2.28. The molecular weight excluding hydrogens is 250 g/mol. The molecule has 94 valence electrons. The van der Waals surface area contributed by atoms with Gasteiger partial charge >= 0.3 is 5.97 Å². The molecule has 0 N–H and O–H groups in total. The molecule has 2 heterocycles.